The highest BCUT2D eigenvalue weighted by Crippen LogP contribution is 2.25. The number of aryl methyl sites for hydroxylation is 2. The van der Waals surface area contributed by atoms with Crippen LogP contribution >= 0.6 is 0 Å². The predicted molar refractivity (Wildman–Crippen MR) is 99.2 cm³/mol. The zero-order chi connectivity index (χ0) is 18.0. The Morgan fingerprint density at radius 3 is 2.96 bits per heavy atom. The second-order valence-corrected chi connectivity index (χ2v) is 7.33. The Labute approximate surface area is 153 Å². The van der Waals surface area contributed by atoms with E-state index in [0.717, 1.165) is 31.6 Å². The fourth-order valence-electron chi connectivity index (χ4n) is 3.97. The van der Waals surface area contributed by atoms with Crippen LogP contribution in [0.15, 0.2) is 36.8 Å². The normalized spacial score (nSPS) is 22.1. The van der Waals surface area contributed by atoms with Crippen molar-refractivity contribution in [1.82, 2.24) is 15.3 Å². The Morgan fingerprint density at radius 2 is 2.12 bits per heavy atom. The smallest absolute Gasteiger partial charge is 0.251 e. The van der Waals surface area contributed by atoms with E-state index in [-0.39, 0.29) is 12.5 Å². The molecule has 0 saturated carbocycles. The third-order valence-electron chi connectivity index (χ3n) is 5.37. The summed E-state index contributed by atoms with van der Waals surface area (Å²) in [5.74, 6) is 0.639. The molecule has 2 heterocycles. The minimum Gasteiger partial charge on any atom is -0.386 e. The molecular weight excluding hydrogens is 328 g/mol. The van der Waals surface area contributed by atoms with E-state index in [2.05, 4.69) is 21.4 Å². The van der Waals surface area contributed by atoms with Gasteiger partial charge in [-0.2, -0.15) is 0 Å². The monoisotopic (exact) mass is 352 g/mol. The first-order chi connectivity index (χ1) is 12.6. The van der Waals surface area contributed by atoms with Crippen LogP contribution in [0, 0.1) is 0 Å². The summed E-state index contributed by atoms with van der Waals surface area (Å²) < 4.78 is 0. The van der Waals surface area contributed by atoms with Crippen LogP contribution in [0.3, 0.4) is 0 Å². The van der Waals surface area contributed by atoms with Crippen LogP contribution in [-0.4, -0.2) is 46.2 Å². The molecule has 26 heavy (non-hydrogen) atoms. The lowest BCUT2D eigenvalue weighted by molar-refractivity contribution is 0.0254. The number of amides is 1. The number of benzene rings is 1. The highest BCUT2D eigenvalue weighted by molar-refractivity contribution is 5.94. The van der Waals surface area contributed by atoms with Gasteiger partial charge in [-0.1, -0.05) is 6.07 Å². The van der Waals surface area contributed by atoms with Crippen LogP contribution in [0.5, 0.6) is 0 Å². The van der Waals surface area contributed by atoms with Gasteiger partial charge in [-0.25, -0.2) is 4.98 Å². The fourth-order valence-corrected chi connectivity index (χ4v) is 3.97. The van der Waals surface area contributed by atoms with E-state index < -0.39 is 5.60 Å². The van der Waals surface area contributed by atoms with Gasteiger partial charge in [0.25, 0.3) is 5.91 Å². The van der Waals surface area contributed by atoms with Gasteiger partial charge in [0.15, 0.2) is 0 Å². The molecule has 1 aliphatic carbocycles. The SMILES string of the molecule is O=C(NC[C@@]1(O)CCCN(c2cnccn2)C1)c1ccc2c(c1)CCC2. The van der Waals surface area contributed by atoms with Gasteiger partial charge in [0.05, 0.1) is 11.8 Å². The molecule has 2 aromatic rings. The number of aromatic nitrogens is 2. The molecule has 1 amide bonds. The van der Waals surface area contributed by atoms with Crippen molar-refractivity contribution in [1.29, 1.82) is 0 Å². The molecule has 4 rings (SSSR count). The van der Waals surface area contributed by atoms with E-state index in [4.69, 9.17) is 0 Å². The zero-order valence-corrected chi connectivity index (χ0v) is 14.8. The Hall–Kier alpha value is -2.47. The largest absolute Gasteiger partial charge is 0.386 e. The lowest BCUT2D eigenvalue weighted by atomic mass is 9.92. The molecule has 1 atom stereocenters. The number of fused-ring (bicyclic) bond motifs is 1. The van der Waals surface area contributed by atoms with Crippen molar-refractivity contribution >= 4 is 11.7 Å². The number of carbonyl (C=O) groups excluding carboxylic acids is 1. The summed E-state index contributed by atoms with van der Waals surface area (Å²) in [7, 11) is 0. The molecule has 6 heteroatoms. The number of hydrogen-bond donors (Lipinski definition) is 2. The molecule has 0 bridgehead atoms. The van der Waals surface area contributed by atoms with Crippen molar-refractivity contribution in [2.24, 2.45) is 0 Å². The van der Waals surface area contributed by atoms with Crippen molar-refractivity contribution in [3.8, 4) is 0 Å². The first-order valence-electron chi connectivity index (χ1n) is 9.26. The molecule has 1 aromatic carbocycles. The first-order valence-corrected chi connectivity index (χ1v) is 9.26. The number of nitrogens with zero attached hydrogens (tertiary/aromatic N) is 3. The third kappa shape index (κ3) is 3.55. The molecule has 1 aliphatic heterocycles. The number of piperidine rings is 1. The quantitative estimate of drug-likeness (QED) is 0.876. The first kappa shape index (κ1) is 17.0. The minimum absolute atomic E-state index is 0.121. The van der Waals surface area contributed by atoms with Gasteiger partial charge in [0, 0.05) is 37.6 Å². The van der Waals surface area contributed by atoms with Crippen LogP contribution in [0.25, 0.3) is 0 Å². The maximum absolute atomic E-state index is 12.5. The summed E-state index contributed by atoms with van der Waals surface area (Å²) in [6, 6.07) is 5.94. The Bertz CT molecular complexity index is 796. The number of anilines is 1. The molecule has 6 nitrogen and oxygen atoms in total. The lowest BCUT2D eigenvalue weighted by Gasteiger charge is -2.39. The number of carbonyl (C=O) groups is 1. The van der Waals surface area contributed by atoms with Crippen molar-refractivity contribution in [3.05, 3.63) is 53.5 Å². The van der Waals surface area contributed by atoms with E-state index >= 15 is 0 Å². The Kier molecular flexibility index (Phi) is 4.59. The lowest BCUT2D eigenvalue weighted by Crippen LogP contribution is -2.54. The second-order valence-electron chi connectivity index (χ2n) is 7.33. The number of hydrogen-bond acceptors (Lipinski definition) is 5. The van der Waals surface area contributed by atoms with E-state index in [9.17, 15) is 9.90 Å². The highest BCUT2D eigenvalue weighted by Gasteiger charge is 2.34. The summed E-state index contributed by atoms with van der Waals surface area (Å²) in [5, 5.41) is 13.9. The number of aliphatic hydroxyl groups is 1. The van der Waals surface area contributed by atoms with Gasteiger partial charge < -0.3 is 15.3 Å². The van der Waals surface area contributed by atoms with Crippen LogP contribution < -0.4 is 10.2 Å². The van der Waals surface area contributed by atoms with Crippen molar-refractivity contribution in [3.63, 3.8) is 0 Å². The van der Waals surface area contributed by atoms with Gasteiger partial charge in [0.2, 0.25) is 0 Å². The molecule has 0 unspecified atom stereocenters. The van der Waals surface area contributed by atoms with E-state index in [1.54, 1.807) is 18.6 Å². The summed E-state index contributed by atoms with van der Waals surface area (Å²) in [6.07, 6.45) is 9.82. The van der Waals surface area contributed by atoms with E-state index in [1.807, 2.05) is 17.0 Å². The van der Waals surface area contributed by atoms with Crippen molar-refractivity contribution in [2.45, 2.75) is 37.7 Å². The molecule has 0 spiro atoms. The minimum atomic E-state index is -0.956. The van der Waals surface area contributed by atoms with Crippen LogP contribution in [-0.2, 0) is 12.8 Å². The summed E-state index contributed by atoms with van der Waals surface area (Å²) in [5.41, 5.74) is 2.35. The van der Waals surface area contributed by atoms with Crippen molar-refractivity contribution in [2.75, 3.05) is 24.5 Å². The topological polar surface area (TPSA) is 78.4 Å². The fraction of sp³-hybridized carbons (Fsp3) is 0.450. The summed E-state index contributed by atoms with van der Waals surface area (Å²) in [6.45, 7) is 1.51. The molecule has 0 radical (unpaired) electrons. The molecular formula is C20H24N4O2. The van der Waals surface area contributed by atoms with Crippen molar-refractivity contribution < 1.29 is 9.90 Å². The molecule has 1 saturated heterocycles. The van der Waals surface area contributed by atoms with Gasteiger partial charge in [0.1, 0.15) is 5.82 Å². The number of β-amino-alcohol motifs (C(OH)–C–C–N with tert-alkyl or cyclic N) is 1. The van der Waals surface area contributed by atoms with Crippen LogP contribution in [0.4, 0.5) is 5.82 Å². The average molecular weight is 352 g/mol. The van der Waals surface area contributed by atoms with Gasteiger partial charge in [-0.15, -0.1) is 0 Å². The predicted octanol–water partition coefficient (Wildman–Crippen LogP) is 1.73. The zero-order valence-electron chi connectivity index (χ0n) is 14.8. The molecule has 1 fully saturated rings. The second kappa shape index (κ2) is 7.03. The average Bonchev–Trinajstić information content (AvgIpc) is 3.15. The van der Waals surface area contributed by atoms with Gasteiger partial charge in [-0.05, 0) is 55.4 Å². The summed E-state index contributed by atoms with van der Waals surface area (Å²) in [4.78, 5) is 23.0. The summed E-state index contributed by atoms with van der Waals surface area (Å²) >= 11 is 0. The van der Waals surface area contributed by atoms with Crippen LogP contribution in [0.1, 0.15) is 40.7 Å². The van der Waals surface area contributed by atoms with E-state index in [1.165, 1.54) is 17.5 Å². The highest BCUT2D eigenvalue weighted by atomic mass is 16.3. The van der Waals surface area contributed by atoms with Crippen LogP contribution in [0.2, 0.25) is 0 Å². The maximum atomic E-state index is 12.5. The Morgan fingerprint density at radius 1 is 1.23 bits per heavy atom. The Balaban J connectivity index is 1.39. The number of rotatable bonds is 4. The van der Waals surface area contributed by atoms with E-state index in [0.29, 0.717) is 18.5 Å². The molecule has 2 N–H and O–H groups in total. The van der Waals surface area contributed by atoms with Gasteiger partial charge in [-0.3, -0.25) is 9.78 Å². The molecule has 1 aromatic heterocycles. The maximum Gasteiger partial charge on any atom is 0.251 e. The third-order valence-corrected chi connectivity index (χ3v) is 5.37. The standard InChI is InChI=1S/C20H24N4O2/c25-19(17-6-5-15-3-1-4-16(15)11-17)23-13-20(26)7-2-10-24(14-20)18-12-21-8-9-22-18/h5-6,8-9,11-12,26H,1-4,7,10,13-14H2,(H,23,25)/t20-/m0/s1. The molecule has 136 valence electrons. The molecule has 2 aliphatic rings. The van der Waals surface area contributed by atoms with Gasteiger partial charge >= 0.3 is 0 Å². The number of nitrogens with one attached hydrogen (secondary N) is 1.